The number of ketones is 1. The van der Waals surface area contributed by atoms with Crippen LogP contribution in [0.2, 0.25) is 0 Å². The van der Waals surface area contributed by atoms with Crippen molar-refractivity contribution >= 4 is 5.78 Å². The zero-order chi connectivity index (χ0) is 12.5. The summed E-state index contributed by atoms with van der Waals surface area (Å²) in [5, 5.41) is 7.89. The third kappa shape index (κ3) is 2.41. The van der Waals surface area contributed by atoms with Gasteiger partial charge in [-0.25, -0.2) is 4.68 Å². The zero-order valence-electron chi connectivity index (χ0n) is 10.2. The van der Waals surface area contributed by atoms with Gasteiger partial charge in [0.05, 0.1) is 11.9 Å². The second-order valence-corrected chi connectivity index (χ2v) is 4.96. The molecule has 0 saturated heterocycles. The third-order valence-corrected chi connectivity index (χ3v) is 2.43. The normalized spacial score (nSPS) is 11.5. The molecule has 0 bridgehead atoms. The maximum Gasteiger partial charge on any atom is 0.190 e. The Bertz CT molecular complexity index is 523. The van der Waals surface area contributed by atoms with Crippen LogP contribution in [0.3, 0.4) is 0 Å². The summed E-state index contributed by atoms with van der Waals surface area (Å²) >= 11 is 0. The lowest BCUT2D eigenvalue weighted by molar-refractivity contribution is 0.0853. The number of benzene rings is 1. The van der Waals surface area contributed by atoms with Crippen molar-refractivity contribution in [1.82, 2.24) is 15.0 Å². The van der Waals surface area contributed by atoms with Gasteiger partial charge in [0.15, 0.2) is 5.78 Å². The van der Waals surface area contributed by atoms with Crippen LogP contribution in [0.1, 0.15) is 31.3 Å². The van der Waals surface area contributed by atoms with E-state index < -0.39 is 5.41 Å². The number of hydrogen-bond acceptors (Lipinski definition) is 3. The van der Waals surface area contributed by atoms with E-state index in [2.05, 4.69) is 10.3 Å². The average Bonchev–Trinajstić information content (AvgIpc) is 2.77. The van der Waals surface area contributed by atoms with Crippen LogP contribution in [0.4, 0.5) is 0 Å². The van der Waals surface area contributed by atoms with E-state index in [-0.39, 0.29) is 5.78 Å². The van der Waals surface area contributed by atoms with E-state index in [1.54, 1.807) is 10.9 Å². The minimum atomic E-state index is -0.433. The molecule has 4 heteroatoms. The van der Waals surface area contributed by atoms with Gasteiger partial charge in [0.2, 0.25) is 0 Å². The van der Waals surface area contributed by atoms with E-state index in [9.17, 15) is 4.79 Å². The minimum absolute atomic E-state index is 0.000295. The number of rotatable bonds is 2. The van der Waals surface area contributed by atoms with Gasteiger partial charge in [-0.1, -0.05) is 44.2 Å². The Morgan fingerprint density at radius 2 is 1.82 bits per heavy atom. The summed E-state index contributed by atoms with van der Waals surface area (Å²) in [5.41, 5.74) is 0.867. The van der Waals surface area contributed by atoms with E-state index in [0.717, 1.165) is 5.69 Å². The zero-order valence-corrected chi connectivity index (χ0v) is 10.2. The SMILES string of the molecule is CC(C)(C)C(=O)c1cn(-c2ccccc2)nn1. The summed E-state index contributed by atoms with van der Waals surface area (Å²) in [4.78, 5) is 12.0. The van der Waals surface area contributed by atoms with Crippen molar-refractivity contribution in [3.8, 4) is 5.69 Å². The summed E-state index contributed by atoms with van der Waals surface area (Å²) in [6.45, 7) is 5.62. The lowest BCUT2D eigenvalue weighted by atomic mass is 9.89. The predicted octanol–water partition coefficient (Wildman–Crippen LogP) is 2.50. The van der Waals surface area contributed by atoms with E-state index in [0.29, 0.717) is 5.69 Å². The predicted molar refractivity (Wildman–Crippen MR) is 65.1 cm³/mol. The van der Waals surface area contributed by atoms with Gasteiger partial charge in [0.25, 0.3) is 0 Å². The molecule has 0 aliphatic heterocycles. The Kier molecular flexibility index (Phi) is 2.79. The fraction of sp³-hybridized carbons (Fsp3) is 0.308. The first-order valence-electron chi connectivity index (χ1n) is 5.51. The van der Waals surface area contributed by atoms with E-state index in [4.69, 9.17) is 0 Å². The maximum absolute atomic E-state index is 12.0. The van der Waals surface area contributed by atoms with E-state index in [1.807, 2.05) is 51.1 Å². The van der Waals surface area contributed by atoms with Crippen molar-refractivity contribution in [2.24, 2.45) is 5.41 Å². The van der Waals surface area contributed by atoms with E-state index >= 15 is 0 Å². The number of hydrogen-bond donors (Lipinski definition) is 0. The monoisotopic (exact) mass is 229 g/mol. The van der Waals surface area contributed by atoms with Crippen LogP contribution in [-0.4, -0.2) is 20.8 Å². The molecule has 0 N–H and O–H groups in total. The van der Waals surface area contributed by atoms with Crippen LogP contribution in [0.5, 0.6) is 0 Å². The molecular formula is C13H15N3O. The van der Waals surface area contributed by atoms with Crippen molar-refractivity contribution in [2.75, 3.05) is 0 Å². The molecule has 2 aromatic rings. The summed E-state index contributed by atoms with van der Waals surface area (Å²) in [6.07, 6.45) is 1.67. The first-order chi connectivity index (χ1) is 7.98. The lowest BCUT2D eigenvalue weighted by Crippen LogP contribution is -2.20. The van der Waals surface area contributed by atoms with Gasteiger partial charge < -0.3 is 0 Å². The summed E-state index contributed by atoms with van der Waals surface area (Å²) in [5.74, 6) is -0.000295. The maximum atomic E-state index is 12.0. The molecule has 0 atom stereocenters. The second kappa shape index (κ2) is 4.13. The van der Waals surface area contributed by atoms with Gasteiger partial charge in [0, 0.05) is 5.41 Å². The van der Waals surface area contributed by atoms with E-state index in [1.165, 1.54) is 0 Å². The number of para-hydroxylation sites is 1. The number of nitrogens with zero attached hydrogens (tertiary/aromatic N) is 3. The topological polar surface area (TPSA) is 47.8 Å². The standard InChI is InChI=1S/C13H15N3O/c1-13(2,3)12(17)11-9-16(15-14-11)10-7-5-4-6-8-10/h4-9H,1-3H3. The van der Waals surface area contributed by atoms with Crippen LogP contribution < -0.4 is 0 Å². The Balaban J connectivity index is 2.32. The number of carbonyl (C=O) groups excluding carboxylic acids is 1. The molecule has 0 spiro atoms. The second-order valence-electron chi connectivity index (χ2n) is 4.96. The van der Waals surface area contributed by atoms with Crippen molar-refractivity contribution in [3.63, 3.8) is 0 Å². The molecule has 4 nitrogen and oxygen atoms in total. The highest BCUT2D eigenvalue weighted by Crippen LogP contribution is 2.19. The molecule has 1 heterocycles. The van der Waals surface area contributed by atoms with Gasteiger partial charge in [-0.3, -0.25) is 4.79 Å². The smallest absolute Gasteiger partial charge is 0.190 e. The van der Waals surface area contributed by atoms with Gasteiger partial charge in [-0.15, -0.1) is 5.10 Å². The molecular weight excluding hydrogens is 214 g/mol. The van der Waals surface area contributed by atoms with Crippen molar-refractivity contribution in [1.29, 1.82) is 0 Å². The fourth-order valence-electron chi connectivity index (χ4n) is 1.46. The Hall–Kier alpha value is -1.97. The fourth-order valence-corrected chi connectivity index (χ4v) is 1.46. The van der Waals surface area contributed by atoms with Crippen LogP contribution in [0.15, 0.2) is 36.5 Å². The summed E-state index contributed by atoms with van der Waals surface area (Å²) in [6, 6.07) is 9.60. The molecule has 0 amide bonds. The largest absolute Gasteiger partial charge is 0.292 e. The molecule has 0 fully saturated rings. The molecule has 0 saturated carbocycles. The van der Waals surface area contributed by atoms with Crippen LogP contribution in [0, 0.1) is 5.41 Å². The Morgan fingerprint density at radius 3 is 2.41 bits per heavy atom. The molecule has 0 unspecified atom stereocenters. The number of Topliss-reactive ketones (excluding diaryl/α,β-unsaturated/α-hetero) is 1. The minimum Gasteiger partial charge on any atom is -0.292 e. The highest BCUT2D eigenvalue weighted by atomic mass is 16.1. The number of aromatic nitrogens is 3. The Labute approximate surface area is 100 Å². The molecule has 1 aromatic heterocycles. The molecule has 17 heavy (non-hydrogen) atoms. The van der Waals surface area contributed by atoms with Gasteiger partial charge in [-0.2, -0.15) is 0 Å². The first kappa shape index (κ1) is 11.5. The molecule has 2 rings (SSSR count). The molecule has 0 aliphatic rings. The van der Waals surface area contributed by atoms with Gasteiger partial charge >= 0.3 is 0 Å². The molecule has 1 aromatic carbocycles. The third-order valence-electron chi connectivity index (χ3n) is 2.43. The van der Waals surface area contributed by atoms with Crippen LogP contribution in [0.25, 0.3) is 5.69 Å². The van der Waals surface area contributed by atoms with Crippen molar-refractivity contribution in [2.45, 2.75) is 20.8 Å². The molecule has 0 aliphatic carbocycles. The highest BCUT2D eigenvalue weighted by Gasteiger charge is 2.25. The molecule has 0 radical (unpaired) electrons. The first-order valence-corrected chi connectivity index (χ1v) is 5.51. The summed E-state index contributed by atoms with van der Waals surface area (Å²) in [7, 11) is 0. The molecule has 88 valence electrons. The summed E-state index contributed by atoms with van der Waals surface area (Å²) < 4.78 is 1.61. The number of carbonyl (C=O) groups is 1. The van der Waals surface area contributed by atoms with Gasteiger partial charge in [-0.05, 0) is 12.1 Å². The van der Waals surface area contributed by atoms with Gasteiger partial charge in [0.1, 0.15) is 5.69 Å². The van der Waals surface area contributed by atoms with Crippen molar-refractivity contribution < 1.29 is 4.79 Å². The average molecular weight is 229 g/mol. The van der Waals surface area contributed by atoms with Crippen molar-refractivity contribution in [3.05, 3.63) is 42.2 Å². The Morgan fingerprint density at radius 1 is 1.18 bits per heavy atom. The van der Waals surface area contributed by atoms with Crippen LogP contribution in [-0.2, 0) is 0 Å². The quantitative estimate of drug-likeness (QED) is 0.743. The van der Waals surface area contributed by atoms with Crippen LogP contribution >= 0.6 is 0 Å². The lowest BCUT2D eigenvalue weighted by Gasteiger charge is -2.13. The highest BCUT2D eigenvalue weighted by molar-refractivity contribution is 5.97.